The van der Waals surface area contributed by atoms with Gasteiger partial charge in [0.15, 0.2) is 5.16 Å². The third-order valence-corrected chi connectivity index (χ3v) is 7.74. The molecule has 1 aliphatic carbocycles. The molecular formula is C25H33ClN6O2S. The smallest absolute Gasteiger partial charge is 0.230 e. The number of hydrogen-bond donors (Lipinski definition) is 1. The van der Waals surface area contributed by atoms with Gasteiger partial charge in [-0.05, 0) is 31.4 Å². The molecule has 1 saturated heterocycles. The van der Waals surface area contributed by atoms with E-state index >= 15 is 0 Å². The van der Waals surface area contributed by atoms with Crippen molar-refractivity contribution in [2.75, 3.05) is 30.3 Å². The van der Waals surface area contributed by atoms with Gasteiger partial charge in [0, 0.05) is 44.4 Å². The molecule has 0 spiro atoms. The summed E-state index contributed by atoms with van der Waals surface area (Å²) in [7, 11) is 0. The Morgan fingerprint density at radius 2 is 2.03 bits per heavy atom. The van der Waals surface area contributed by atoms with Crippen molar-refractivity contribution in [1.82, 2.24) is 25.2 Å². The molecule has 0 radical (unpaired) electrons. The van der Waals surface area contributed by atoms with E-state index in [4.69, 9.17) is 11.6 Å². The summed E-state index contributed by atoms with van der Waals surface area (Å²) in [5, 5.41) is 3.66. The number of thioether (sulfide) groups is 1. The molecule has 0 bridgehead atoms. The lowest BCUT2D eigenvalue weighted by atomic mass is 10.0. The van der Waals surface area contributed by atoms with Crippen LogP contribution in [0.3, 0.4) is 0 Å². The van der Waals surface area contributed by atoms with E-state index in [1.54, 1.807) is 12.3 Å². The first-order valence-corrected chi connectivity index (χ1v) is 13.7. The summed E-state index contributed by atoms with van der Waals surface area (Å²) >= 11 is 7.53. The van der Waals surface area contributed by atoms with Crippen molar-refractivity contribution < 1.29 is 9.59 Å². The Bertz CT molecular complexity index is 1000. The van der Waals surface area contributed by atoms with Crippen molar-refractivity contribution in [1.29, 1.82) is 0 Å². The van der Waals surface area contributed by atoms with Crippen LogP contribution >= 0.6 is 23.4 Å². The van der Waals surface area contributed by atoms with Gasteiger partial charge in [-0.25, -0.2) is 9.97 Å². The highest BCUT2D eigenvalue weighted by atomic mass is 35.5. The average molecular weight is 517 g/mol. The van der Waals surface area contributed by atoms with Crippen LogP contribution in [0.4, 0.5) is 5.82 Å². The lowest BCUT2D eigenvalue weighted by Crippen LogP contribution is -2.54. The molecule has 2 aromatic heterocycles. The largest absolute Gasteiger partial charge is 0.353 e. The number of aromatic nitrogens is 3. The molecule has 1 unspecified atom stereocenters. The molecule has 4 rings (SSSR count). The van der Waals surface area contributed by atoms with Gasteiger partial charge in [-0.1, -0.05) is 55.1 Å². The van der Waals surface area contributed by atoms with Crippen molar-refractivity contribution in [2.24, 2.45) is 5.92 Å². The second kappa shape index (κ2) is 12.5. The van der Waals surface area contributed by atoms with Crippen molar-refractivity contribution in [2.45, 2.75) is 63.2 Å². The van der Waals surface area contributed by atoms with E-state index in [0.29, 0.717) is 42.9 Å². The SMILES string of the molecule is CC1CN(c2cc(Cl)nc(SCC(=O)NCc3ccccn3)n2)CCN1C(=O)CCC1CCCC1. The molecule has 0 aromatic carbocycles. The van der Waals surface area contributed by atoms with E-state index in [0.717, 1.165) is 23.9 Å². The molecule has 8 nitrogen and oxygen atoms in total. The summed E-state index contributed by atoms with van der Waals surface area (Å²) in [6, 6.07) is 7.44. The highest BCUT2D eigenvalue weighted by Crippen LogP contribution is 2.29. The average Bonchev–Trinajstić information content (AvgIpc) is 3.39. The van der Waals surface area contributed by atoms with Gasteiger partial charge >= 0.3 is 0 Å². The van der Waals surface area contributed by atoms with Gasteiger partial charge in [0.2, 0.25) is 11.8 Å². The first kappa shape index (κ1) is 25.7. The molecule has 10 heteroatoms. The van der Waals surface area contributed by atoms with E-state index in [9.17, 15) is 9.59 Å². The first-order valence-electron chi connectivity index (χ1n) is 12.4. The zero-order valence-corrected chi connectivity index (χ0v) is 21.7. The third kappa shape index (κ3) is 7.54. The fourth-order valence-corrected chi connectivity index (χ4v) is 5.70. The van der Waals surface area contributed by atoms with E-state index in [-0.39, 0.29) is 23.6 Å². The summed E-state index contributed by atoms with van der Waals surface area (Å²) < 4.78 is 0. The minimum Gasteiger partial charge on any atom is -0.353 e. The summed E-state index contributed by atoms with van der Waals surface area (Å²) in [6.07, 6.45) is 8.54. The van der Waals surface area contributed by atoms with Crippen LogP contribution in [0, 0.1) is 5.92 Å². The summed E-state index contributed by atoms with van der Waals surface area (Å²) in [5.41, 5.74) is 0.803. The molecule has 2 aliphatic rings. The van der Waals surface area contributed by atoms with Gasteiger partial charge in [0.05, 0.1) is 18.0 Å². The molecule has 1 aliphatic heterocycles. The van der Waals surface area contributed by atoms with Crippen molar-refractivity contribution >= 4 is 41.0 Å². The molecule has 188 valence electrons. The number of nitrogens with one attached hydrogen (secondary N) is 1. The van der Waals surface area contributed by atoms with Gasteiger partial charge in [0.25, 0.3) is 0 Å². The van der Waals surface area contributed by atoms with Crippen molar-refractivity contribution in [3.63, 3.8) is 0 Å². The van der Waals surface area contributed by atoms with Gasteiger partial charge in [-0.2, -0.15) is 0 Å². The zero-order chi connectivity index (χ0) is 24.6. The predicted molar refractivity (Wildman–Crippen MR) is 138 cm³/mol. The molecule has 2 fully saturated rings. The predicted octanol–water partition coefficient (Wildman–Crippen LogP) is 3.94. The molecule has 3 heterocycles. The number of halogens is 1. The Morgan fingerprint density at radius 1 is 1.20 bits per heavy atom. The molecule has 2 amide bonds. The second-order valence-corrected chi connectivity index (χ2v) is 10.6. The van der Waals surface area contributed by atoms with Crippen LogP contribution in [0.15, 0.2) is 35.6 Å². The van der Waals surface area contributed by atoms with Crippen LogP contribution in [0.1, 0.15) is 51.1 Å². The van der Waals surface area contributed by atoms with E-state index < -0.39 is 0 Å². The Balaban J connectivity index is 1.27. The van der Waals surface area contributed by atoms with Crippen LogP contribution in [0.25, 0.3) is 0 Å². The maximum atomic E-state index is 12.8. The van der Waals surface area contributed by atoms with Gasteiger partial charge in [-0.15, -0.1) is 0 Å². The topological polar surface area (TPSA) is 91.3 Å². The molecule has 2 aromatic rings. The van der Waals surface area contributed by atoms with Crippen LogP contribution in [0.2, 0.25) is 5.15 Å². The number of rotatable bonds is 9. The van der Waals surface area contributed by atoms with Gasteiger partial charge in [0.1, 0.15) is 11.0 Å². The standard InChI is InChI=1S/C25H33ClN6O2S/c1-18-16-31(12-13-32(18)24(34)10-9-19-6-2-3-7-19)22-14-21(26)29-25(30-22)35-17-23(33)28-15-20-8-4-5-11-27-20/h4-5,8,11,14,18-19H,2-3,6-7,9-10,12-13,15-17H2,1H3,(H,28,33). The summed E-state index contributed by atoms with van der Waals surface area (Å²) in [5.74, 6) is 1.78. The maximum Gasteiger partial charge on any atom is 0.230 e. The van der Waals surface area contributed by atoms with Crippen LogP contribution in [0.5, 0.6) is 0 Å². The summed E-state index contributed by atoms with van der Waals surface area (Å²) in [6.45, 7) is 4.52. The monoisotopic (exact) mass is 516 g/mol. The second-order valence-electron chi connectivity index (χ2n) is 9.29. The van der Waals surface area contributed by atoms with Crippen LogP contribution < -0.4 is 10.2 Å². The third-order valence-electron chi connectivity index (χ3n) is 6.70. The summed E-state index contributed by atoms with van der Waals surface area (Å²) in [4.78, 5) is 42.3. The number of amides is 2. The fraction of sp³-hybridized carbons (Fsp3) is 0.560. The Hall–Kier alpha value is -2.39. The fourth-order valence-electron chi connectivity index (χ4n) is 4.79. The quantitative estimate of drug-likeness (QED) is 0.306. The van der Waals surface area contributed by atoms with E-state index in [2.05, 4.69) is 32.1 Å². The minimum atomic E-state index is -0.121. The molecular weight excluding hydrogens is 484 g/mol. The lowest BCUT2D eigenvalue weighted by Gasteiger charge is -2.40. The van der Waals surface area contributed by atoms with E-state index in [1.807, 2.05) is 23.1 Å². The normalized spacial score (nSPS) is 18.6. The minimum absolute atomic E-state index is 0.0991. The number of nitrogens with zero attached hydrogens (tertiary/aromatic N) is 5. The lowest BCUT2D eigenvalue weighted by molar-refractivity contribution is -0.134. The van der Waals surface area contributed by atoms with E-state index in [1.165, 1.54) is 37.4 Å². The number of carbonyl (C=O) groups is 2. The molecule has 35 heavy (non-hydrogen) atoms. The van der Waals surface area contributed by atoms with Crippen molar-refractivity contribution in [3.8, 4) is 0 Å². The van der Waals surface area contributed by atoms with Gasteiger partial charge in [-0.3, -0.25) is 14.6 Å². The molecule has 1 N–H and O–H groups in total. The highest BCUT2D eigenvalue weighted by Gasteiger charge is 2.29. The van der Waals surface area contributed by atoms with Gasteiger partial charge < -0.3 is 15.1 Å². The maximum absolute atomic E-state index is 12.8. The number of piperazine rings is 1. The first-order chi connectivity index (χ1) is 17.0. The Kier molecular flexibility index (Phi) is 9.20. The van der Waals surface area contributed by atoms with Crippen molar-refractivity contribution in [3.05, 3.63) is 41.3 Å². The van der Waals surface area contributed by atoms with Crippen LogP contribution in [-0.2, 0) is 16.1 Å². The number of carbonyl (C=O) groups excluding carboxylic acids is 2. The zero-order valence-electron chi connectivity index (χ0n) is 20.2. The molecule has 1 saturated carbocycles. The van der Waals surface area contributed by atoms with Crippen LogP contribution in [-0.4, -0.2) is 63.1 Å². The highest BCUT2D eigenvalue weighted by molar-refractivity contribution is 7.99. The Labute approximate surface area is 216 Å². The molecule has 1 atom stereocenters. The number of pyridine rings is 1. The number of anilines is 1. The number of hydrogen-bond acceptors (Lipinski definition) is 7. The Morgan fingerprint density at radius 3 is 2.77 bits per heavy atom.